The molecule has 1 aromatic carbocycles. The molecular weight excluding hydrogens is 297 g/mol. The summed E-state index contributed by atoms with van der Waals surface area (Å²) in [4.78, 5) is 0. The van der Waals surface area contributed by atoms with Crippen molar-refractivity contribution in [1.82, 2.24) is 4.57 Å². The third-order valence-corrected chi connectivity index (χ3v) is 3.47. The zero-order valence-electron chi connectivity index (χ0n) is 11.0. The van der Waals surface area contributed by atoms with E-state index in [1.54, 1.807) is 19.9 Å². The van der Waals surface area contributed by atoms with Crippen LogP contribution in [0.3, 0.4) is 0 Å². The van der Waals surface area contributed by atoms with E-state index in [4.69, 9.17) is 0 Å². The molecular formula is C14H17BrFNO. The number of aliphatic hydroxyl groups is 1. The highest BCUT2D eigenvalue weighted by Crippen LogP contribution is 2.33. The van der Waals surface area contributed by atoms with Gasteiger partial charge in [0.05, 0.1) is 16.8 Å². The predicted molar refractivity (Wildman–Crippen MR) is 75.2 cm³/mol. The molecule has 0 spiro atoms. The molecule has 1 aromatic heterocycles. The van der Waals surface area contributed by atoms with Gasteiger partial charge in [-0.25, -0.2) is 4.39 Å². The number of benzene rings is 1. The third-order valence-electron chi connectivity index (χ3n) is 3.02. The van der Waals surface area contributed by atoms with Gasteiger partial charge in [0, 0.05) is 15.9 Å². The third kappa shape index (κ3) is 2.19. The average Bonchev–Trinajstić information content (AvgIpc) is 2.55. The zero-order valence-corrected chi connectivity index (χ0v) is 12.5. The van der Waals surface area contributed by atoms with Gasteiger partial charge in [-0.15, -0.1) is 0 Å². The smallest absolute Gasteiger partial charge is 0.133 e. The highest BCUT2D eigenvalue weighted by atomic mass is 79.9. The number of fused-ring (bicyclic) bond motifs is 1. The maximum atomic E-state index is 14.0. The van der Waals surface area contributed by atoms with Gasteiger partial charge in [-0.3, -0.25) is 0 Å². The van der Waals surface area contributed by atoms with Gasteiger partial charge >= 0.3 is 0 Å². The second-order valence-electron chi connectivity index (χ2n) is 5.37. The minimum absolute atomic E-state index is 0.151. The van der Waals surface area contributed by atoms with Crippen molar-refractivity contribution in [3.8, 4) is 0 Å². The molecule has 0 saturated carbocycles. The van der Waals surface area contributed by atoms with E-state index in [-0.39, 0.29) is 11.9 Å². The van der Waals surface area contributed by atoms with Crippen LogP contribution in [0.1, 0.15) is 39.4 Å². The van der Waals surface area contributed by atoms with E-state index in [1.807, 2.05) is 24.5 Å². The van der Waals surface area contributed by atoms with Crippen molar-refractivity contribution in [2.45, 2.75) is 39.3 Å². The summed E-state index contributed by atoms with van der Waals surface area (Å²) >= 11 is 3.31. The molecule has 98 valence electrons. The number of aromatic nitrogens is 1. The molecule has 0 radical (unpaired) electrons. The molecule has 18 heavy (non-hydrogen) atoms. The van der Waals surface area contributed by atoms with Crippen molar-refractivity contribution in [3.05, 3.63) is 34.2 Å². The summed E-state index contributed by atoms with van der Waals surface area (Å²) in [5.41, 5.74) is 0.529. The minimum atomic E-state index is -0.998. The van der Waals surface area contributed by atoms with Crippen LogP contribution in [0.4, 0.5) is 4.39 Å². The van der Waals surface area contributed by atoms with Crippen LogP contribution in [-0.2, 0) is 5.60 Å². The summed E-state index contributed by atoms with van der Waals surface area (Å²) in [6, 6.07) is 5.21. The largest absolute Gasteiger partial charge is 0.384 e. The summed E-state index contributed by atoms with van der Waals surface area (Å²) in [6.45, 7) is 7.47. The molecule has 0 bridgehead atoms. The van der Waals surface area contributed by atoms with E-state index in [0.717, 1.165) is 11.2 Å². The Bertz CT molecular complexity index is 596. The SMILES string of the molecule is CC(C)n1c(C(C)(C)O)cc2c(F)cc(Br)cc21. The van der Waals surface area contributed by atoms with E-state index >= 15 is 0 Å². The van der Waals surface area contributed by atoms with E-state index in [9.17, 15) is 9.50 Å². The summed E-state index contributed by atoms with van der Waals surface area (Å²) in [6.07, 6.45) is 0. The van der Waals surface area contributed by atoms with Crippen LogP contribution in [0.5, 0.6) is 0 Å². The summed E-state index contributed by atoms with van der Waals surface area (Å²) in [7, 11) is 0. The molecule has 0 aliphatic carbocycles. The molecule has 0 aliphatic heterocycles. The normalized spacial score (nSPS) is 12.7. The lowest BCUT2D eigenvalue weighted by molar-refractivity contribution is 0.0691. The van der Waals surface area contributed by atoms with Crippen molar-refractivity contribution in [1.29, 1.82) is 0 Å². The van der Waals surface area contributed by atoms with Crippen molar-refractivity contribution >= 4 is 26.8 Å². The van der Waals surface area contributed by atoms with Gasteiger partial charge in [-0.2, -0.15) is 0 Å². The zero-order chi connectivity index (χ0) is 13.7. The van der Waals surface area contributed by atoms with Crippen LogP contribution in [-0.4, -0.2) is 9.67 Å². The quantitative estimate of drug-likeness (QED) is 0.876. The Balaban J connectivity index is 2.89. The van der Waals surface area contributed by atoms with E-state index in [1.165, 1.54) is 6.07 Å². The van der Waals surface area contributed by atoms with E-state index in [2.05, 4.69) is 15.9 Å². The monoisotopic (exact) mass is 313 g/mol. The van der Waals surface area contributed by atoms with Crippen LogP contribution >= 0.6 is 15.9 Å². The van der Waals surface area contributed by atoms with Crippen LogP contribution in [0.2, 0.25) is 0 Å². The van der Waals surface area contributed by atoms with E-state index < -0.39 is 5.60 Å². The summed E-state index contributed by atoms with van der Waals surface area (Å²) in [5.74, 6) is -0.274. The van der Waals surface area contributed by atoms with Crippen molar-refractivity contribution < 1.29 is 9.50 Å². The maximum Gasteiger partial charge on any atom is 0.133 e. The van der Waals surface area contributed by atoms with Crippen LogP contribution < -0.4 is 0 Å². The van der Waals surface area contributed by atoms with Crippen molar-refractivity contribution in [2.75, 3.05) is 0 Å². The molecule has 2 rings (SSSR count). The Morgan fingerprint density at radius 1 is 1.28 bits per heavy atom. The topological polar surface area (TPSA) is 25.2 Å². The Hall–Kier alpha value is -0.870. The lowest BCUT2D eigenvalue weighted by Crippen LogP contribution is -2.21. The van der Waals surface area contributed by atoms with Gasteiger partial charge < -0.3 is 9.67 Å². The predicted octanol–water partition coefficient (Wildman–Crippen LogP) is 4.35. The van der Waals surface area contributed by atoms with Crippen LogP contribution in [0, 0.1) is 5.82 Å². The molecule has 1 heterocycles. The number of hydrogen-bond donors (Lipinski definition) is 1. The molecule has 0 fully saturated rings. The molecule has 2 nitrogen and oxygen atoms in total. The number of nitrogens with zero attached hydrogens (tertiary/aromatic N) is 1. The highest BCUT2D eigenvalue weighted by Gasteiger charge is 2.25. The fourth-order valence-electron chi connectivity index (χ4n) is 2.28. The first kappa shape index (κ1) is 13.6. The molecule has 0 unspecified atom stereocenters. The first-order valence-corrected chi connectivity index (χ1v) is 6.74. The molecule has 2 aromatic rings. The molecule has 0 amide bonds. The van der Waals surface area contributed by atoms with Crippen molar-refractivity contribution in [3.63, 3.8) is 0 Å². The fourth-order valence-corrected chi connectivity index (χ4v) is 2.69. The maximum absolute atomic E-state index is 14.0. The Kier molecular flexibility index (Phi) is 3.28. The first-order valence-electron chi connectivity index (χ1n) is 5.94. The van der Waals surface area contributed by atoms with Gasteiger partial charge in [0.1, 0.15) is 5.82 Å². The minimum Gasteiger partial charge on any atom is -0.384 e. The fraction of sp³-hybridized carbons (Fsp3) is 0.429. The first-order chi connectivity index (χ1) is 8.21. The Morgan fingerprint density at radius 3 is 2.39 bits per heavy atom. The number of hydrogen-bond acceptors (Lipinski definition) is 1. The standard InChI is InChI=1S/C14H17BrFNO/c1-8(2)17-12-6-9(15)5-11(16)10(12)7-13(17)14(3,4)18/h5-8,18H,1-4H3. The Morgan fingerprint density at radius 2 is 1.89 bits per heavy atom. The molecule has 0 saturated heterocycles. The summed E-state index contributed by atoms with van der Waals surface area (Å²) in [5, 5.41) is 10.8. The summed E-state index contributed by atoms with van der Waals surface area (Å²) < 4.78 is 16.6. The lowest BCUT2D eigenvalue weighted by atomic mass is 10.1. The van der Waals surface area contributed by atoms with Gasteiger partial charge in [0.15, 0.2) is 0 Å². The average molecular weight is 314 g/mol. The highest BCUT2D eigenvalue weighted by molar-refractivity contribution is 9.10. The second-order valence-corrected chi connectivity index (χ2v) is 6.29. The van der Waals surface area contributed by atoms with Crippen LogP contribution in [0.15, 0.2) is 22.7 Å². The molecule has 0 atom stereocenters. The van der Waals surface area contributed by atoms with Gasteiger partial charge in [0.25, 0.3) is 0 Å². The number of rotatable bonds is 2. The van der Waals surface area contributed by atoms with Crippen molar-refractivity contribution in [2.24, 2.45) is 0 Å². The molecule has 4 heteroatoms. The number of halogens is 2. The van der Waals surface area contributed by atoms with E-state index in [0.29, 0.717) is 9.86 Å². The van der Waals surface area contributed by atoms with Gasteiger partial charge in [-0.05, 0) is 45.9 Å². The van der Waals surface area contributed by atoms with Crippen LogP contribution in [0.25, 0.3) is 10.9 Å². The molecule has 0 aliphatic rings. The Labute approximate surface area is 115 Å². The molecule has 1 N–H and O–H groups in total. The van der Waals surface area contributed by atoms with Gasteiger partial charge in [0.2, 0.25) is 0 Å². The second kappa shape index (κ2) is 4.35. The van der Waals surface area contributed by atoms with Gasteiger partial charge in [-0.1, -0.05) is 15.9 Å². The lowest BCUT2D eigenvalue weighted by Gasteiger charge is -2.23.